The number of aromatic nitrogens is 2. The fourth-order valence-electron chi connectivity index (χ4n) is 2.74. The third-order valence-corrected chi connectivity index (χ3v) is 3.68. The number of hydrogen-bond donors (Lipinski definition) is 2. The number of aryl methyl sites for hydroxylation is 2. The largest absolute Gasteiger partial charge is 0.353 e. The van der Waals surface area contributed by atoms with E-state index in [1.807, 2.05) is 19.9 Å². The van der Waals surface area contributed by atoms with E-state index < -0.39 is 0 Å². The van der Waals surface area contributed by atoms with Gasteiger partial charge in [-0.05, 0) is 32.8 Å². The van der Waals surface area contributed by atoms with Crippen molar-refractivity contribution in [3.05, 3.63) is 17.5 Å². The van der Waals surface area contributed by atoms with Gasteiger partial charge in [0.2, 0.25) is 5.95 Å². The lowest BCUT2D eigenvalue weighted by Gasteiger charge is -2.16. The van der Waals surface area contributed by atoms with E-state index in [0.29, 0.717) is 6.04 Å². The number of nitrogens with zero attached hydrogens (tertiary/aromatic N) is 2. The number of nitrogens with one attached hydrogen (secondary N) is 2. The quantitative estimate of drug-likeness (QED) is 0.633. The summed E-state index contributed by atoms with van der Waals surface area (Å²) in [7, 11) is 0. The summed E-state index contributed by atoms with van der Waals surface area (Å²) in [5.74, 6) is 0.750. The van der Waals surface area contributed by atoms with Crippen LogP contribution in [0.25, 0.3) is 0 Å². The van der Waals surface area contributed by atoms with Gasteiger partial charge in [0.25, 0.3) is 0 Å². The average Bonchev–Trinajstić information content (AvgIpc) is 2.62. The first-order chi connectivity index (χ1) is 9.24. The van der Waals surface area contributed by atoms with Crippen molar-refractivity contribution >= 4 is 5.95 Å². The second-order valence-corrected chi connectivity index (χ2v) is 5.54. The SMILES string of the molecule is Cc1cc(C)nc(NCCNC2CCCCCC2)n1. The standard InChI is InChI=1S/C15H26N4/c1-12-11-13(2)19-15(18-12)17-10-9-16-14-7-5-3-4-6-8-14/h11,14,16H,3-10H2,1-2H3,(H,17,18,19). The maximum absolute atomic E-state index is 4.38. The second-order valence-electron chi connectivity index (χ2n) is 5.54. The van der Waals surface area contributed by atoms with Crippen LogP contribution < -0.4 is 10.6 Å². The van der Waals surface area contributed by atoms with Gasteiger partial charge >= 0.3 is 0 Å². The zero-order chi connectivity index (χ0) is 13.5. The number of hydrogen-bond acceptors (Lipinski definition) is 4. The minimum Gasteiger partial charge on any atom is -0.353 e. The maximum atomic E-state index is 4.38. The van der Waals surface area contributed by atoms with Crippen molar-refractivity contribution in [2.75, 3.05) is 18.4 Å². The normalized spacial score (nSPS) is 17.2. The fourth-order valence-corrected chi connectivity index (χ4v) is 2.74. The molecule has 1 fully saturated rings. The molecule has 0 aliphatic heterocycles. The Morgan fingerprint density at radius 1 is 1.00 bits per heavy atom. The molecular formula is C15H26N4. The Morgan fingerprint density at radius 3 is 2.26 bits per heavy atom. The first kappa shape index (κ1) is 14.3. The van der Waals surface area contributed by atoms with Gasteiger partial charge in [-0.25, -0.2) is 9.97 Å². The Bertz CT molecular complexity index is 363. The summed E-state index contributed by atoms with van der Waals surface area (Å²) in [6, 6.07) is 2.71. The van der Waals surface area contributed by atoms with Crippen molar-refractivity contribution in [1.29, 1.82) is 0 Å². The summed E-state index contributed by atoms with van der Waals surface area (Å²) in [6.45, 7) is 5.88. The topological polar surface area (TPSA) is 49.8 Å². The van der Waals surface area contributed by atoms with E-state index in [0.717, 1.165) is 30.4 Å². The molecule has 1 heterocycles. The lowest BCUT2D eigenvalue weighted by atomic mass is 10.1. The van der Waals surface area contributed by atoms with E-state index in [1.54, 1.807) is 0 Å². The average molecular weight is 262 g/mol. The van der Waals surface area contributed by atoms with Crippen LogP contribution in [0, 0.1) is 13.8 Å². The van der Waals surface area contributed by atoms with Gasteiger partial charge in [-0.3, -0.25) is 0 Å². The van der Waals surface area contributed by atoms with Crippen LogP contribution in [0.3, 0.4) is 0 Å². The predicted octanol–water partition coefficient (Wildman–Crippen LogP) is 2.82. The molecule has 2 N–H and O–H groups in total. The van der Waals surface area contributed by atoms with Crippen LogP contribution in [0.15, 0.2) is 6.07 Å². The van der Waals surface area contributed by atoms with Gasteiger partial charge in [-0.15, -0.1) is 0 Å². The van der Waals surface area contributed by atoms with E-state index >= 15 is 0 Å². The Kier molecular flexibility index (Phi) is 5.58. The summed E-state index contributed by atoms with van der Waals surface area (Å²) in [5.41, 5.74) is 2.04. The van der Waals surface area contributed by atoms with Crippen LogP contribution in [0.4, 0.5) is 5.95 Å². The van der Waals surface area contributed by atoms with Gasteiger partial charge in [-0.2, -0.15) is 0 Å². The van der Waals surface area contributed by atoms with Crippen molar-refractivity contribution in [3.63, 3.8) is 0 Å². The molecule has 0 saturated heterocycles. The molecular weight excluding hydrogens is 236 g/mol. The van der Waals surface area contributed by atoms with Crippen LogP contribution in [-0.4, -0.2) is 29.1 Å². The van der Waals surface area contributed by atoms with Crippen molar-refractivity contribution in [2.45, 2.75) is 58.4 Å². The van der Waals surface area contributed by atoms with Gasteiger partial charge < -0.3 is 10.6 Å². The molecule has 0 bridgehead atoms. The molecule has 0 unspecified atom stereocenters. The molecule has 4 heteroatoms. The fraction of sp³-hybridized carbons (Fsp3) is 0.733. The smallest absolute Gasteiger partial charge is 0.223 e. The highest BCUT2D eigenvalue weighted by Gasteiger charge is 2.10. The molecule has 1 aromatic heterocycles. The van der Waals surface area contributed by atoms with Crippen LogP contribution >= 0.6 is 0 Å². The molecule has 0 radical (unpaired) electrons. The Balaban J connectivity index is 1.68. The molecule has 0 aromatic carbocycles. The van der Waals surface area contributed by atoms with E-state index in [4.69, 9.17) is 0 Å². The minimum atomic E-state index is 0.712. The molecule has 0 spiro atoms. The lowest BCUT2D eigenvalue weighted by Crippen LogP contribution is -2.32. The molecule has 2 rings (SSSR count). The summed E-state index contributed by atoms with van der Waals surface area (Å²) in [5, 5.41) is 6.94. The van der Waals surface area contributed by atoms with Gasteiger partial charge in [0, 0.05) is 30.5 Å². The first-order valence-corrected chi connectivity index (χ1v) is 7.53. The highest BCUT2D eigenvalue weighted by molar-refractivity contribution is 5.27. The Morgan fingerprint density at radius 2 is 1.63 bits per heavy atom. The van der Waals surface area contributed by atoms with Gasteiger partial charge in [0.15, 0.2) is 0 Å². The molecule has 1 saturated carbocycles. The first-order valence-electron chi connectivity index (χ1n) is 7.53. The molecule has 1 aromatic rings. The summed E-state index contributed by atoms with van der Waals surface area (Å²) in [6.07, 6.45) is 8.25. The summed E-state index contributed by atoms with van der Waals surface area (Å²) >= 11 is 0. The molecule has 0 atom stereocenters. The van der Waals surface area contributed by atoms with Crippen molar-refractivity contribution in [3.8, 4) is 0 Å². The molecule has 4 nitrogen and oxygen atoms in total. The van der Waals surface area contributed by atoms with E-state index in [9.17, 15) is 0 Å². The van der Waals surface area contributed by atoms with Crippen LogP contribution in [-0.2, 0) is 0 Å². The minimum absolute atomic E-state index is 0.712. The second kappa shape index (κ2) is 7.43. The van der Waals surface area contributed by atoms with E-state index in [2.05, 4.69) is 20.6 Å². The molecule has 1 aliphatic rings. The Labute approximate surface area is 116 Å². The highest BCUT2D eigenvalue weighted by atomic mass is 15.1. The van der Waals surface area contributed by atoms with Gasteiger partial charge in [0.1, 0.15) is 0 Å². The Hall–Kier alpha value is -1.16. The van der Waals surface area contributed by atoms with E-state index in [-0.39, 0.29) is 0 Å². The maximum Gasteiger partial charge on any atom is 0.223 e. The summed E-state index contributed by atoms with van der Waals surface area (Å²) in [4.78, 5) is 8.77. The predicted molar refractivity (Wildman–Crippen MR) is 79.5 cm³/mol. The lowest BCUT2D eigenvalue weighted by molar-refractivity contribution is 0.468. The number of rotatable bonds is 5. The summed E-state index contributed by atoms with van der Waals surface area (Å²) < 4.78 is 0. The van der Waals surface area contributed by atoms with Crippen molar-refractivity contribution in [1.82, 2.24) is 15.3 Å². The third-order valence-electron chi connectivity index (χ3n) is 3.68. The molecule has 0 amide bonds. The monoisotopic (exact) mass is 262 g/mol. The molecule has 106 valence electrons. The molecule has 1 aliphatic carbocycles. The third kappa shape index (κ3) is 5.15. The number of anilines is 1. The highest BCUT2D eigenvalue weighted by Crippen LogP contribution is 2.16. The molecule has 19 heavy (non-hydrogen) atoms. The van der Waals surface area contributed by atoms with Crippen LogP contribution in [0.5, 0.6) is 0 Å². The zero-order valence-electron chi connectivity index (χ0n) is 12.2. The van der Waals surface area contributed by atoms with Gasteiger partial charge in [-0.1, -0.05) is 25.7 Å². The van der Waals surface area contributed by atoms with Crippen molar-refractivity contribution < 1.29 is 0 Å². The van der Waals surface area contributed by atoms with E-state index in [1.165, 1.54) is 38.5 Å². The van der Waals surface area contributed by atoms with Crippen molar-refractivity contribution in [2.24, 2.45) is 0 Å². The van der Waals surface area contributed by atoms with Crippen LogP contribution in [0.2, 0.25) is 0 Å². The zero-order valence-corrected chi connectivity index (χ0v) is 12.2. The van der Waals surface area contributed by atoms with Crippen LogP contribution in [0.1, 0.15) is 49.9 Å². The van der Waals surface area contributed by atoms with Gasteiger partial charge in [0.05, 0.1) is 0 Å².